The molecule has 0 saturated heterocycles. The maximum Gasteiger partial charge on any atom is 0.106 e. The van der Waals surface area contributed by atoms with Gasteiger partial charge in [0, 0.05) is 22.2 Å². The largest absolute Gasteiger partial charge is 0.305 e. The lowest BCUT2D eigenvalue weighted by molar-refractivity contribution is 0.812. The summed E-state index contributed by atoms with van der Waals surface area (Å²) in [5.74, 6) is 0. The summed E-state index contributed by atoms with van der Waals surface area (Å²) >= 11 is 7.34. The number of nitrogens with one attached hydrogen (secondary N) is 1. The zero-order chi connectivity index (χ0) is 14.1. The molecule has 0 spiro atoms. The van der Waals surface area contributed by atoms with Gasteiger partial charge in [0.15, 0.2) is 0 Å². The van der Waals surface area contributed by atoms with E-state index in [9.17, 15) is 0 Å². The van der Waals surface area contributed by atoms with Crippen molar-refractivity contribution in [2.24, 2.45) is 0 Å². The van der Waals surface area contributed by atoms with Crippen molar-refractivity contribution in [1.29, 1.82) is 5.41 Å². The van der Waals surface area contributed by atoms with Gasteiger partial charge < -0.3 is 5.41 Å². The fourth-order valence-corrected chi connectivity index (χ4v) is 0.832. The highest BCUT2D eigenvalue weighted by Crippen LogP contribution is 2.07. The van der Waals surface area contributed by atoms with E-state index in [1.165, 1.54) is 0 Å². The molecule has 2 nitrogen and oxygen atoms in total. The van der Waals surface area contributed by atoms with Crippen molar-refractivity contribution in [2.45, 2.75) is 46.3 Å². The van der Waals surface area contributed by atoms with Gasteiger partial charge in [-0.25, -0.2) is 4.98 Å². The third-order valence-corrected chi connectivity index (χ3v) is 1.63. The number of nitrogens with zero attached hydrogens (tertiary/aromatic N) is 1. The summed E-state index contributed by atoms with van der Waals surface area (Å²) in [7, 11) is 0. The van der Waals surface area contributed by atoms with Gasteiger partial charge in [0.25, 0.3) is 0 Å². The topological polar surface area (TPSA) is 36.7 Å². The Bertz CT molecular complexity index is 309. The number of halogens is 1. The molecule has 1 aromatic heterocycles. The number of thiol groups is 1. The minimum absolute atomic E-state index is 0.194. The molecule has 0 atom stereocenters. The Morgan fingerprint density at radius 2 is 1.71 bits per heavy atom. The van der Waals surface area contributed by atoms with Crippen molar-refractivity contribution in [3.63, 3.8) is 0 Å². The van der Waals surface area contributed by atoms with Crippen LogP contribution in [-0.4, -0.2) is 15.4 Å². The van der Waals surface area contributed by atoms with Gasteiger partial charge in [0.1, 0.15) is 4.60 Å². The average Bonchev–Trinajstić information content (AvgIpc) is 2.19. The molecule has 4 heteroatoms. The number of pyridine rings is 1. The summed E-state index contributed by atoms with van der Waals surface area (Å²) in [6.45, 7) is 11.9. The molecule has 98 valence electrons. The third kappa shape index (κ3) is 15.6. The Labute approximate surface area is 119 Å². The molecule has 0 saturated carbocycles. The van der Waals surface area contributed by atoms with E-state index in [2.05, 4.69) is 54.3 Å². The number of rotatable bonds is 1. The summed E-state index contributed by atoms with van der Waals surface area (Å²) in [4.78, 5) is 3.98. The SMILES string of the molecule is CC.CC(=N)c1ccc(Br)nc1.CC(C)(C)S. The van der Waals surface area contributed by atoms with E-state index in [0.717, 1.165) is 10.2 Å². The molecule has 1 N–H and O–H groups in total. The predicted octanol–water partition coefficient (Wildman–Crippen LogP) is 4.97. The van der Waals surface area contributed by atoms with Gasteiger partial charge in [0.2, 0.25) is 0 Å². The molecule has 0 bridgehead atoms. The van der Waals surface area contributed by atoms with Crippen molar-refractivity contribution in [1.82, 2.24) is 4.98 Å². The first-order chi connectivity index (χ1) is 7.70. The lowest BCUT2D eigenvalue weighted by atomic mass is 10.2. The third-order valence-electron chi connectivity index (χ3n) is 1.16. The summed E-state index contributed by atoms with van der Waals surface area (Å²) in [6, 6.07) is 3.69. The molecule has 1 heterocycles. The zero-order valence-corrected chi connectivity index (χ0v) is 14.0. The number of hydrogen-bond acceptors (Lipinski definition) is 3. The molecule has 0 aromatic carbocycles. The fraction of sp³-hybridized carbons (Fsp3) is 0.538. The predicted molar refractivity (Wildman–Crippen MR) is 84.5 cm³/mol. The fourth-order valence-electron chi connectivity index (χ4n) is 0.598. The smallest absolute Gasteiger partial charge is 0.106 e. The number of aromatic nitrogens is 1. The minimum atomic E-state index is 0.194. The standard InChI is InChI=1S/C7H7BrN2.C4H10S.C2H6/c1-5(9)6-2-3-7(8)10-4-6;1-4(2,3)5;1-2/h2-4,9H,1H3;5H,1-3H3;1-2H3. The van der Waals surface area contributed by atoms with Crippen LogP contribution in [0.15, 0.2) is 22.9 Å². The molecular formula is C13H23BrN2S. The van der Waals surface area contributed by atoms with Crippen molar-refractivity contribution < 1.29 is 0 Å². The molecule has 0 fully saturated rings. The second-order valence-electron chi connectivity index (χ2n) is 4.17. The lowest BCUT2D eigenvalue weighted by Crippen LogP contribution is -1.99. The van der Waals surface area contributed by atoms with Crippen LogP contribution in [0, 0.1) is 5.41 Å². The van der Waals surface area contributed by atoms with E-state index in [-0.39, 0.29) is 4.75 Å². The summed E-state index contributed by atoms with van der Waals surface area (Å²) in [5, 5.41) is 7.25. The summed E-state index contributed by atoms with van der Waals surface area (Å²) in [5.41, 5.74) is 1.41. The Morgan fingerprint density at radius 1 is 1.29 bits per heavy atom. The van der Waals surface area contributed by atoms with E-state index in [1.54, 1.807) is 13.1 Å². The molecule has 0 unspecified atom stereocenters. The minimum Gasteiger partial charge on any atom is -0.305 e. The first kappa shape index (κ1) is 19.0. The quantitative estimate of drug-likeness (QED) is 0.428. The highest BCUT2D eigenvalue weighted by Gasteiger charge is 1.97. The van der Waals surface area contributed by atoms with Crippen LogP contribution in [0.2, 0.25) is 0 Å². The first-order valence-electron chi connectivity index (χ1n) is 5.59. The monoisotopic (exact) mass is 318 g/mol. The normalized spacial score (nSPS) is 9.41. The van der Waals surface area contributed by atoms with Crippen molar-refractivity contribution >= 4 is 34.3 Å². The van der Waals surface area contributed by atoms with Crippen LogP contribution in [0.25, 0.3) is 0 Å². The van der Waals surface area contributed by atoms with Gasteiger partial charge in [0.05, 0.1) is 0 Å². The Kier molecular flexibility index (Phi) is 10.8. The average molecular weight is 319 g/mol. The van der Waals surface area contributed by atoms with Gasteiger partial charge in [-0.3, -0.25) is 0 Å². The van der Waals surface area contributed by atoms with Crippen LogP contribution >= 0.6 is 28.6 Å². The van der Waals surface area contributed by atoms with E-state index in [1.807, 2.05) is 26.0 Å². The Balaban J connectivity index is 0. The Hall–Kier alpha value is -0.350. The van der Waals surface area contributed by atoms with Gasteiger partial charge in [-0.1, -0.05) is 34.6 Å². The molecule has 17 heavy (non-hydrogen) atoms. The van der Waals surface area contributed by atoms with Crippen LogP contribution in [0.1, 0.15) is 47.1 Å². The summed E-state index contributed by atoms with van der Waals surface area (Å²) in [6.07, 6.45) is 1.67. The molecule has 0 aliphatic heterocycles. The Morgan fingerprint density at radius 3 is 1.94 bits per heavy atom. The molecule has 0 aliphatic carbocycles. The highest BCUT2D eigenvalue weighted by molar-refractivity contribution is 9.10. The molecule has 0 radical (unpaired) electrons. The first-order valence-corrected chi connectivity index (χ1v) is 6.83. The van der Waals surface area contributed by atoms with Crippen molar-refractivity contribution in [2.75, 3.05) is 0 Å². The molecule has 0 amide bonds. The molecule has 0 aliphatic rings. The van der Waals surface area contributed by atoms with E-state index in [0.29, 0.717) is 5.71 Å². The van der Waals surface area contributed by atoms with E-state index in [4.69, 9.17) is 5.41 Å². The van der Waals surface area contributed by atoms with Gasteiger partial charge in [-0.05, 0) is 35.0 Å². The van der Waals surface area contributed by atoms with Crippen LogP contribution < -0.4 is 0 Å². The highest BCUT2D eigenvalue weighted by atomic mass is 79.9. The van der Waals surface area contributed by atoms with Crippen LogP contribution in [0.3, 0.4) is 0 Å². The summed E-state index contributed by atoms with van der Waals surface area (Å²) < 4.78 is 0.998. The van der Waals surface area contributed by atoms with Gasteiger partial charge in [-0.2, -0.15) is 12.6 Å². The van der Waals surface area contributed by atoms with Gasteiger partial charge >= 0.3 is 0 Å². The molecule has 1 aromatic rings. The number of hydrogen-bond donors (Lipinski definition) is 2. The van der Waals surface area contributed by atoms with Crippen LogP contribution in [0.5, 0.6) is 0 Å². The lowest BCUT2D eigenvalue weighted by Gasteiger charge is -2.04. The van der Waals surface area contributed by atoms with Crippen LogP contribution in [0.4, 0.5) is 0 Å². The van der Waals surface area contributed by atoms with Gasteiger partial charge in [-0.15, -0.1) is 0 Å². The second kappa shape index (κ2) is 9.66. The van der Waals surface area contributed by atoms with E-state index >= 15 is 0 Å². The van der Waals surface area contributed by atoms with Crippen molar-refractivity contribution in [3.05, 3.63) is 28.5 Å². The van der Waals surface area contributed by atoms with Crippen molar-refractivity contribution in [3.8, 4) is 0 Å². The zero-order valence-electron chi connectivity index (χ0n) is 11.5. The molecular weight excluding hydrogens is 296 g/mol. The second-order valence-corrected chi connectivity index (χ2v) is 6.32. The van der Waals surface area contributed by atoms with Crippen LogP contribution in [-0.2, 0) is 0 Å². The van der Waals surface area contributed by atoms with E-state index < -0.39 is 0 Å². The maximum absolute atomic E-state index is 7.25. The maximum atomic E-state index is 7.25. The molecule has 1 rings (SSSR count).